The monoisotopic (exact) mass is 562 g/mol. The standard InChI is InChI=1S/C25H33N3O2.C9H17NO/c1-3-19-4-7-22(8-5-19)28-15-13-27(14-16-28)12-10-24-23-9-6-21(25(29)26-2)18-20(23)11-17-30-24;1-4-7-10-8(2)5-6-9(3)11/h4-9,18,24H,3,10-17H2,1-2H3,(H,26,29);5-6,10-11H,4,7H2,1-3H3/b;8-5+,9-6+. The molecule has 0 radical (unpaired) electrons. The average Bonchev–Trinajstić information content (AvgIpc) is 3.01. The number of hydrogen-bond donors (Lipinski definition) is 3. The van der Waals surface area contributed by atoms with Gasteiger partial charge in [-0.3, -0.25) is 9.69 Å². The number of fused-ring (bicyclic) bond motifs is 1. The van der Waals surface area contributed by atoms with Gasteiger partial charge in [0.2, 0.25) is 0 Å². The first-order chi connectivity index (χ1) is 19.8. The Morgan fingerprint density at radius 3 is 2.41 bits per heavy atom. The predicted molar refractivity (Wildman–Crippen MR) is 170 cm³/mol. The van der Waals surface area contributed by atoms with Crippen molar-refractivity contribution < 1.29 is 14.6 Å². The molecule has 224 valence electrons. The number of aliphatic hydroxyl groups excluding tert-OH is 1. The number of carbonyl (C=O) groups excluding carboxylic acids is 1. The van der Waals surface area contributed by atoms with Crippen LogP contribution in [0.2, 0.25) is 0 Å². The van der Waals surface area contributed by atoms with E-state index < -0.39 is 0 Å². The second kappa shape index (κ2) is 16.8. The summed E-state index contributed by atoms with van der Waals surface area (Å²) in [6.45, 7) is 15.0. The summed E-state index contributed by atoms with van der Waals surface area (Å²) in [7, 11) is 1.67. The summed E-state index contributed by atoms with van der Waals surface area (Å²) in [5, 5.41) is 14.7. The lowest BCUT2D eigenvalue weighted by Gasteiger charge is -2.37. The molecule has 1 unspecified atom stereocenters. The van der Waals surface area contributed by atoms with Gasteiger partial charge in [0.05, 0.1) is 18.5 Å². The number of piperazine rings is 1. The maximum atomic E-state index is 11.9. The van der Waals surface area contributed by atoms with Crippen LogP contribution in [-0.4, -0.2) is 68.8 Å². The Morgan fingerprint density at radius 1 is 1.05 bits per heavy atom. The van der Waals surface area contributed by atoms with Crippen LogP contribution >= 0.6 is 0 Å². The summed E-state index contributed by atoms with van der Waals surface area (Å²) in [5.41, 5.74) is 7.06. The summed E-state index contributed by atoms with van der Waals surface area (Å²) in [5.74, 6) is 0.311. The van der Waals surface area contributed by atoms with Gasteiger partial charge < -0.3 is 25.4 Å². The summed E-state index contributed by atoms with van der Waals surface area (Å²) in [6, 6.07) is 15.0. The van der Waals surface area contributed by atoms with Crippen molar-refractivity contribution >= 4 is 11.6 Å². The number of allylic oxidation sites excluding steroid dienone is 4. The SMILES string of the molecule is CCCN/C(C)=C/C=C(\C)O.CCc1ccc(N2CCN(CCC3OCCc4cc(C(=O)NC)ccc43)CC2)cc1. The van der Waals surface area contributed by atoms with Crippen molar-refractivity contribution in [2.75, 3.05) is 57.8 Å². The van der Waals surface area contributed by atoms with E-state index in [0.717, 1.165) is 82.8 Å². The number of benzene rings is 2. The normalized spacial score (nSPS) is 17.8. The first-order valence-corrected chi connectivity index (χ1v) is 15.1. The summed E-state index contributed by atoms with van der Waals surface area (Å²) in [4.78, 5) is 17.0. The van der Waals surface area contributed by atoms with Gasteiger partial charge in [-0.25, -0.2) is 0 Å². The fourth-order valence-electron chi connectivity index (χ4n) is 5.16. The van der Waals surface area contributed by atoms with Gasteiger partial charge in [0.15, 0.2) is 0 Å². The number of nitrogens with zero attached hydrogens (tertiary/aromatic N) is 2. The quantitative estimate of drug-likeness (QED) is 0.252. The second-order valence-electron chi connectivity index (χ2n) is 10.8. The van der Waals surface area contributed by atoms with Crippen LogP contribution < -0.4 is 15.5 Å². The minimum Gasteiger partial charge on any atom is -0.513 e. The zero-order chi connectivity index (χ0) is 29.6. The minimum absolute atomic E-state index is 0.0250. The Labute approximate surface area is 247 Å². The van der Waals surface area contributed by atoms with Crippen LogP contribution in [0.3, 0.4) is 0 Å². The van der Waals surface area contributed by atoms with E-state index in [1.807, 2.05) is 25.1 Å². The van der Waals surface area contributed by atoms with E-state index in [0.29, 0.717) is 5.76 Å². The fourth-order valence-corrected chi connectivity index (χ4v) is 5.16. The molecule has 7 nitrogen and oxygen atoms in total. The third-order valence-corrected chi connectivity index (χ3v) is 7.69. The highest BCUT2D eigenvalue weighted by atomic mass is 16.5. The maximum Gasteiger partial charge on any atom is 0.251 e. The first-order valence-electron chi connectivity index (χ1n) is 15.1. The van der Waals surface area contributed by atoms with E-state index in [4.69, 9.17) is 9.84 Å². The predicted octanol–water partition coefficient (Wildman–Crippen LogP) is 5.79. The number of hydrogen-bond acceptors (Lipinski definition) is 6. The van der Waals surface area contributed by atoms with E-state index >= 15 is 0 Å². The number of aliphatic hydroxyl groups is 1. The van der Waals surface area contributed by atoms with Crippen LogP contribution in [-0.2, 0) is 17.6 Å². The Morgan fingerprint density at radius 2 is 1.78 bits per heavy atom. The second-order valence-corrected chi connectivity index (χ2v) is 10.8. The molecule has 3 N–H and O–H groups in total. The molecule has 2 aromatic rings. The van der Waals surface area contributed by atoms with Gasteiger partial charge in [0, 0.05) is 63.3 Å². The third-order valence-electron chi connectivity index (χ3n) is 7.69. The zero-order valence-electron chi connectivity index (χ0n) is 25.7. The van der Waals surface area contributed by atoms with Crippen LogP contribution in [0.25, 0.3) is 0 Å². The van der Waals surface area contributed by atoms with Crippen LogP contribution in [0.1, 0.15) is 73.7 Å². The van der Waals surface area contributed by atoms with Crippen molar-refractivity contribution in [1.29, 1.82) is 0 Å². The van der Waals surface area contributed by atoms with Crippen molar-refractivity contribution in [3.63, 3.8) is 0 Å². The largest absolute Gasteiger partial charge is 0.513 e. The average molecular weight is 563 g/mol. The van der Waals surface area contributed by atoms with Crippen LogP contribution in [0.4, 0.5) is 5.69 Å². The van der Waals surface area contributed by atoms with Crippen LogP contribution in [0.5, 0.6) is 0 Å². The summed E-state index contributed by atoms with van der Waals surface area (Å²) >= 11 is 0. The number of anilines is 1. The van der Waals surface area contributed by atoms with Crippen molar-refractivity contribution in [3.8, 4) is 0 Å². The minimum atomic E-state index is -0.0250. The lowest BCUT2D eigenvalue weighted by atomic mass is 9.93. The lowest BCUT2D eigenvalue weighted by molar-refractivity contribution is 0.0288. The Kier molecular flexibility index (Phi) is 13.2. The molecular formula is C34H50N4O3. The molecule has 2 heterocycles. The number of carbonyl (C=O) groups is 1. The van der Waals surface area contributed by atoms with Gasteiger partial charge in [-0.15, -0.1) is 0 Å². The van der Waals surface area contributed by atoms with E-state index in [2.05, 4.69) is 64.6 Å². The molecule has 2 aliphatic rings. The third kappa shape index (κ3) is 10.2. The maximum absolute atomic E-state index is 11.9. The number of amides is 1. The molecule has 1 atom stereocenters. The molecule has 41 heavy (non-hydrogen) atoms. The highest BCUT2D eigenvalue weighted by molar-refractivity contribution is 5.94. The Hall–Kier alpha value is -3.29. The van der Waals surface area contributed by atoms with Gasteiger partial charge in [-0.1, -0.05) is 32.0 Å². The number of ether oxygens (including phenoxy) is 1. The molecule has 0 spiro atoms. The summed E-state index contributed by atoms with van der Waals surface area (Å²) < 4.78 is 6.10. The smallest absolute Gasteiger partial charge is 0.251 e. The van der Waals surface area contributed by atoms with Crippen molar-refractivity contribution in [2.45, 2.75) is 59.5 Å². The van der Waals surface area contributed by atoms with Gasteiger partial charge in [-0.2, -0.15) is 0 Å². The molecular weight excluding hydrogens is 512 g/mol. The molecule has 0 aliphatic carbocycles. The molecule has 0 saturated carbocycles. The molecule has 0 aromatic heterocycles. The fraction of sp³-hybridized carbons (Fsp3) is 0.500. The number of aryl methyl sites for hydroxylation is 1. The molecule has 2 aliphatic heterocycles. The molecule has 7 heteroatoms. The van der Waals surface area contributed by atoms with E-state index in [1.165, 1.54) is 22.4 Å². The number of rotatable bonds is 10. The number of nitrogens with one attached hydrogen (secondary N) is 2. The molecule has 1 fully saturated rings. The van der Waals surface area contributed by atoms with Gasteiger partial charge in [-0.05, 0) is 92.6 Å². The van der Waals surface area contributed by atoms with Crippen molar-refractivity contribution in [2.24, 2.45) is 0 Å². The Bertz CT molecular complexity index is 1150. The molecule has 2 aromatic carbocycles. The molecule has 4 rings (SSSR count). The highest BCUT2D eigenvalue weighted by Gasteiger charge is 2.24. The van der Waals surface area contributed by atoms with Crippen LogP contribution in [0.15, 0.2) is 66.1 Å². The highest BCUT2D eigenvalue weighted by Crippen LogP contribution is 2.31. The topological polar surface area (TPSA) is 77.1 Å². The van der Waals surface area contributed by atoms with E-state index in [9.17, 15) is 4.79 Å². The molecule has 1 saturated heterocycles. The Balaban J connectivity index is 0.000000358. The van der Waals surface area contributed by atoms with E-state index in [-0.39, 0.29) is 12.0 Å². The lowest BCUT2D eigenvalue weighted by Crippen LogP contribution is -2.46. The van der Waals surface area contributed by atoms with Crippen molar-refractivity contribution in [1.82, 2.24) is 15.5 Å². The van der Waals surface area contributed by atoms with Crippen LogP contribution in [0, 0.1) is 0 Å². The van der Waals surface area contributed by atoms with E-state index in [1.54, 1.807) is 20.0 Å². The zero-order valence-corrected chi connectivity index (χ0v) is 25.7. The van der Waals surface area contributed by atoms with Gasteiger partial charge >= 0.3 is 0 Å². The first kappa shape index (κ1) is 32.2. The molecule has 1 amide bonds. The van der Waals surface area contributed by atoms with Gasteiger partial charge in [0.1, 0.15) is 0 Å². The molecule has 0 bridgehead atoms. The van der Waals surface area contributed by atoms with Gasteiger partial charge in [0.25, 0.3) is 5.91 Å². The van der Waals surface area contributed by atoms with Crippen molar-refractivity contribution in [3.05, 3.63) is 88.3 Å². The summed E-state index contributed by atoms with van der Waals surface area (Å²) in [6.07, 6.45) is 7.76.